The lowest BCUT2D eigenvalue weighted by Gasteiger charge is -2.07. The van der Waals surface area contributed by atoms with E-state index in [0.29, 0.717) is 0 Å². The van der Waals surface area contributed by atoms with E-state index in [4.69, 9.17) is 5.11 Å². The Bertz CT molecular complexity index is 833. The summed E-state index contributed by atoms with van der Waals surface area (Å²) in [5.41, 5.74) is 3.14. The number of benzene rings is 2. The second-order valence-corrected chi connectivity index (χ2v) is 6.59. The number of aromatic nitrogens is 1. The van der Waals surface area contributed by atoms with Crippen LogP contribution in [0, 0.1) is 0 Å². The summed E-state index contributed by atoms with van der Waals surface area (Å²) in [5.74, 6) is -0.218. The molecule has 0 spiro atoms. The summed E-state index contributed by atoms with van der Waals surface area (Å²) >= 11 is 1.49. The van der Waals surface area contributed by atoms with Crippen LogP contribution < -0.4 is 5.32 Å². The number of nitrogens with zero attached hydrogens (tertiary/aromatic N) is 1. The van der Waals surface area contributed by atoms with E-state index in [-0.39, 0.29) is 25.5 Å². The van der Waals surface area contributed by atoms with Crippen LogP contribution in [0.25, 0.3) is 21.3 Å². The van der Waals surface area contributed by atoms with Gasteiger partial charge in [0, 0.05) is 6.54 Å². The quantitative estimate of drug-likeness (QED) is 0.640. The fourth-order valence-electron chi connectivity index (χ4n) is 2.35. The fourth-order valence-corrected chi connectivity index (χ4v) is 3.36. The third-order valence-corrected chi connectivity index (χ3v) is 4.62. The summed E-state index contributed by atoms with van der Waals surface area (Å²) in [5, 5.41) is 21.3. The van der Waals surface area contributed by atoms with Gasteiger partial charge in [0.1, 0.15) is 5.01 Å². The minimum Gasteiger partial charge on any atom is -0.394 e. The van der Waals surface area contributed by atoms with Crippen molar-refractivity contribution in [3.8, 4) is 11.1 Å². The van der Waals surface area contributed by atoms with Crippen molar-refractivity contribution in [1.29, 1.82) is 0 Å². The van der Waals surface area contributed by atoms with Crippen LogP contribution in [0.4, 0.5) is 0 Å². The van der Waals surface area contributed by atoms with Gasteiger partial charge >= 0.3 is 0 Å². The number of amides is 1. The average Bonchev–Trinajstić information content (AvgIpc) is 3.01. The normalized spacial score (nSPS) is 12.2. The predicted molar refractivity (Wildman–Crippen MR) is 94.9 cm³/mol. The molecule has 0 fully saturated rings. The molecule has 1 aromatic heterocycles. The molecule has 0 aliphatic rings. The molecule has 1 amide bonds. The molecule has 124 valence electrons. The molecule has 1 atom stereocenters. The van der Waals surface area contributed by atoms with Crippen LogP contribution in [0.3, 0.4) is 0 Å². The zero-order valence-corrected chi connectivity index (χ0v) is 13.8. The molecule has 6 heteroatoms. The molecule has 2 aromatic carbocycles. The molecule has 1 unspecified atom stereocenters. The van der Waals surface area contributed by atoms with Gasteiger partial charge in [-0.2, -0.15) is 0 Å². The fraction of sp³-hybridized carbons (Fsp3) is 0.222. The summed E-state index contributed by atoms with van der Waals surface area (Å²) < 4.78 is 1.04. The van der Waals surface area contributed by atoms with Gasteiger partial charge in [-0.05, 0) is 23.3 Å². The molecule has 24 heavy (non-hydrogen) atoms. The van der Waals surface area contributed by atoms with Gasteiger partial charge in [0.25, 0.3) is 0 Å². The molecule has 3 N–H and O–H groups in total. The van der Waals surface area contributed by atoms with Crippen molar-refractivity contribution in [2.45, 2.75) is 12.5 Å². The Morgan fingerprint density at radius 2 is 1.96 bits per heavy atom. The molecule has 3 rings (SSSR count). The van der Waals surface area contributed by atoms with E-state index in [2.05, 4.69) is 28.5 Å². The van der Waals surface area contributed by atoms with Gasteiger partial charge < -0.3 is 15.5 Å². The maximum Gasteiger partial charge on any atom is 0.226 e. The third-order valence-electron chi connectivity index (χ3n) is 3.60. The lowest BCUT2D eigenvalue weighted by atomic mass is 10.1. The van der Waals surface area contributed by atoms with E-state index in [0.717, 1.165) is 26.4 Å². The Kier molecular flexibility index (Phi) is 5.20. The van der Waals surface area contributed by atoms with E-state index >= 15 is 0 Å². The number of rotatable bonds is 6. The van der Waals surface area contributed by atoms with Gasteiger partial charge in [-0.1, -0.05) is 36.4 Å². The first-order valence-corrected chi connectivity index (χ1v) is 8.48. The first-order valence-electron chi connectivity index (χ1n) is 7.66. The maximum absolute atomic E-state index is 11.9. The Morgan fingerprint density at radius 3 is 2.71 bits per heavy atom. The Hall–Kier alpha value is -2.28. The number of thiazole rings is 1. The lowest BCUT2D eigenvalue weighted by molar-refractivity contribution is -0.121. The van der Waals surface area contributed by atoms with Crippen LogP contribution in [-0.4, -0.2) is 40.4 Å². The molecule has 1 heterocycles. The van der Waals surface area contributed by atoms with Gasteiger partial charge in [-0.3, -0.25) is 4.79 Å². The second-order valence-electron chi connectivity index (χ2n) is 5.47. The van der Waals surface area contributed by atoms with E-state index in [1.54, 1.807) is 0 Å². The van der Waals surface area contributed by atoms with Crippen molar-refractivity contribution >= 4 is 27.5 Å². The number of hydrogen-bond donors (Lipinski definition) is 3. The summed E-state index contributed by atoms with van der Waals surface area (Å²) in [6, 6.07) is 16.2. The zero-order chi connectivity index (χ0) is 16.9. The molecular weight excluding hydrogens is 324 g/mol. The highest BCUT2D eigenvalue weighted by atomic mass is 32.1. The topological polar surface area (TPSA) is 82.5 Å². The molecule has 0 radical (unpaired) electrons. The molecule has 0 bridgehead atoms. The molecule has 0 aliphatic heterocycles. The number of aliphatic hydroxyl groups excluding tert-OH is 2. The van der Waals surface area contributed by atoms with Crippen LogP contribution in [0.15, 0.2) is 48.5 Å². The number of fused-ring (bicyclic) bond motifs is 1. The van der Waals surface area contributed by atoms with E-state index in [9.17, 15) is 9.90 Å². The zero-order valence-electron chi connectivity index (χ0n) is 13.0. The van der Waals surface area contributed by atoms with Crippen molar-refractivity contribution < 1.29 is 15.0 Å². The number of carbonyl (C=O) groups excluding carboxylic acids is 1. The van der Waals surface area contributed by atoms with Gasteiger partial charge in [-0.25, -0.2) is 4.98 Å². The molecule has 0 saturated carbocycles. The van der Waals surface area contributed by atoms with Gasteiger partial charge in [0.2, 0.25) is 5.91 Å². The first kappa shape index (κ1) is 16.6. The van der Waals surface area contributed by atoms with Crippen molar-refractivity contribution in [1.82, 2.24) is 10.3 Å². The summed E-state index contributed by atoms with van der Waals surface area (Å²) in [6.45, 7) is -0.331. The number of carbonyl (C=O) groups is 1. The molecule has 0 saturated heterocycles. The number of hydrogen-bond acceptors (Lipinski definition) is 5. The van der Waals surface area contributed by atoms with Crippen LogP contribution in [0.5, 0.6) is 0 Å². The minimum atomic E-state index is -0.933. The summed E-state index contributed by atoms with van der Waals surface area (Å²) in [4.78, 5) is 16.3. The van der Waals surface area contributed by atoms with E-state index < -0.39 is 6.10 Å². The highest BCUT2D eigenvalue weighted by molar-refractivity contribution is 7.18. The average molecular weight is 342 g/mol. The molecule has 0 aliphatic carbocycles. The van der Waals surface area contributed by atoms with Crippen molar-refractivity contribution in [3.63, 3.8) is 0 Å². The van der Waals surface area contributed by atoms with Crippen LogP contribution in [0.2, 0.25) is 0 Å². The number of nitrogens with one attached hydrogen (secondary N) is 1. The van der Waals surface area contributed by atoms with Crippen LogP contribution >= 0.6 is 11.3 Å². The van der Waals surface area contributed by atoms with Crippen LogP contribution in [0.1, 0.15) is 5.01 Å². The summed E-state index contributed by atoms with van der Waals surface area (Å²) in [7, 11) is 0. The monoisotopic (exact) mass is 342 g/mol. The molecular formula is C18H18N2O3S. The second kappa shape index (κ2) is 7.53. The van der Waals surface area contributed by atoms with E-state index in [1.165, 1.54) is 11.3 Å². The van der Waals surface area contributed by atoms with Crippen molar-refractivity contribution in [2.24, 2.45) is 0 Å². The van der Waals surface area contributed by atoms with Crippen LogP contribution in [-0.2, 0) is 11.2 Å². The molecule has 5 nitrogen and oxygen atoms in total. The van der Waals surface area contributed by atoms with Gasteiger partial charge in [0.05, 0.1) is 29.3 Å². The maximum atomic E-state index is 11.9. The number of aliphatic hydroxyl groups is 2. The van der Waals surface area contributed by atoms with Crippen molar-refractivity contribution in [2.75, 3.05) is 13.2 Å². The first-order chi connectivity index (χ1) is 11.7. The smallest absolute Gasteiger partial charge is 0.226 e. The SMILES string of the molecule is O=C(Cc1nc2ccc(-c3ccccc3)cc2s1)NCC(O)CO. The van der Waals surface area contributed by atoms with E-state index in [1.807, 2.05) is 30.3 Å². The van der Waals surface area contributed by atoms with Gasteiger partial charge in [0.15, 0.2) is 0 Å². The van der Waals surface area contributed by atoms with Gasteiger partial charge in [-0.15, -0.1) is 11.3 Å². The highest BCUT2D eigenvalue weighted by Crippen LogP contribution is 2.28. The van der Waals surface area contributed by atoms with Crippen molar-refractivity contribution in [3.05, 3.63) is 53.5 Å². The highest BCUT2D eigenvalue weighted by Gasteiger charge is 2.11. The standard InChI is InChI=1S/C18H18N2O3S/c21-11-14(22)10-19-17(23)9-18-20-15-7-6-13(8-16(15)24-18)12-4-2-1-3-5-12/h1-8,14,21-22H,9-11H2,(H,19,23). The third kappa shape index (κ3) is 3.97. The Labute approximate surface area is 143 Å². The predicted octanol–water partition coefficient (Wildman–Crippen LogP) is 1.98. The largest absolute Gasteiger partial charge is 0.394 e. The minimum absolute atomic E-state index is 0.0401. The molecule has 3 aromatic rings. The Balaban J connectivity index is 1.73. The Morgan fingerprint density at radius 1 is 1.17 bits per heavy atom. The lowest BCUT2D eigenvalue weighted by Crippen LogP contribution is -2.34. The summed E-state index contributed by atoms with van der Waals surface area (Å²) in [6.07, 6.45) is -0.768.